The monoisotopic (exact) mass is 280 g/mol. The Labute approximate surface area is 119 Å². The minimum Gasteiger partial charge on any atom is -0.339 e. The van der Waals surface area contributed by atoms with Crippen molar-refractivity contribution in [3.63, 3.8) is 0 Å². The number of hydrogen-bond acceptors (Lipinski definition) is 2. The van der Waals surface area contributed by atoms with Crippen molar-refractivity contribution < 1.29 is 4.79 Å². The van der Waals surface area contributed by atoms with Crippen molar-refractivity contribution in [3.05, 3.63) is 34.3 Å². The highest BCUT2D eigenvalue weighted by atomic mass is 35.5. The number of halogens is 1. The topological polar surface area (TPSA) is 46.3 Å². The van der Waals surface area contributed by atoms with Crippen LogP contribution in [0.5, 0.6) is 0 Å². The van der Waals surface area contributed by atoms with E-state index in [0.717, 1.165) is 44.5 Å². The van der Waals surface area contributed by atoms with E-state index in [2.05, 4.69) is 0 Å². The van der Waals surface area contributed by atoms with Crippen LogP contribution in [0, 0.1) is 12.8 Å². The van der Waals surface area contributed by atoms with Crippen LogP contribution in [-0.2, 0) is 0 Å². The highest BCUT2D eigenvalue weighted by Crippen LogP contribution is 2.22. The van der Waals surface area contributed by atoms with E-state index in [4.69, 9.17) is 17.3 Å². The average Bonchev–Trinajstić information content (AvgIpc) is 2.38. The van der Waals surface area contributed by atoms with Crippen LogP contribution in [0.1, 0.15) is 35.2 Å². The highest BCUT2D eigenvalue weighted by Gasteiger charge is 2.23. The van der Waals surface area contributed by atoms with Crippen molar-refractivity contribution in [2.24, 2.45) is 11.7 Å². The first-order valence-corrected chi connectivity index (χ1v) is 7.24. The summed E-state index contributed by atoms with van der Waals surface area (Å²) in [6.45, 7) is 4.35. The van der Waals surface area contributed by atoms with Gasteiger partial charge in [0, 0.05) is 23.7 Å². The molecule has 1 saturated heterocycles. The van der Waals surface area contributed by atoms with E-state index in [-0.39, 0.29) is 5.91 Å². The highest BCUT2D eigenvalue weighted by molar-refractivity contribution is 6.31. The van der Waals surface area contributed by atoms with Gasteiger partial charge in [-0.05, 0) is 62.4 Å². The maximum Gasteiger partial charge on any atom is 0.253 e. The van der Waals surface area contributed by atoms with Gasteiger partial charge in [-0.2, -0.15) is 0 Å². The van der Waals surface area contributed by atoms with Gasteiger partial charge in [-0.3, -0.25) is 4.79 Å². The van der Waals surface area contributed by atoms with Gasteiger partial charge in [0.25, 0.3) is 5.91 Å². The van der Waals surface area contributed by atoms with Crippen LogP contribution in [0.2, 0.25) is 5.02 Å². The Kier molecular flexibility index (Phi) is 4.83. The molecule has 104 valence electrons. The summed E-state index contributed by atoms with van der Waals surface area (Å²) in [5.74, 6) is 0.770. The standard InChI is InChI=1S/C15H21ClN2O/c1-11-8-13(10-14(16)9-11)15(19)18-6-3-12(2-5-17)4-7-18/h8-10,12H,2-7,17H2,1H3. The quantitative estimate of drug-likeness (QED) is 0.925. The number of hydrogen-bond donors (Lipinski definition) is 1. The summed E-state index contributed by atoms with van der Waals surface area (Å²) in [7, 11) is 0. The minimum absolute atomic E-state index is 0.0943. The molecule has 2 rings (SSSR count). The predicted molar refractivity (Wildman–Crippen MR) is 78.5 cm³/mol. The maximum absolute atomic E-state index is 12.4. The number of nitrogens with zero attached hydrogens (tertiary/aromatic N) is 1. The number of rotatable bonds is 3. The summed E-state index contributed by atoms with van der Waals surface area (Å²) >= 11 is 6.01. The Morgan fingerprint density at radius 3 is 2.63 bits per heavy atom. The van der Waals surface area contributed by atoms with E-state index in [0.29, 0.717) is 16.5 Å². The van der Waals surface area contributed by atoms with E-state index >= 15 is 0 Å². The number of carbonyl (C=O) groups is 1. The Hall–Kier alpha value is -1.06. The summed E-state index contributed by atoms with van der Waals surface area (Å²) in [6.07, 6.45) is 3.18. The minimum atomic E-state index is 0.0943. The van der Waals surface area contributed by atoms with Crippen molar-refractivity contribution in [2.45, 2.75) is 26.2 Å². The van der Waals surface area contributed by atoms with E-state index < -0.39 is 0 Å². The fourth-order valence-electron chi connectivity index (χ4n) is 2.70. The molecule has 0 aromatic heterocycles. The molecule has 1 heterocycles. The predicted octanol–water partition coefficient (Wildman–Crippen LogP) is 2.85. The number of benzene rings is 1. The van der Waals surface area contributed by atoms with Crippen LogP contribution in [-0.4, -0.2) is 30.4 Å². The van der Waals surface area contributed by atoms with Crippen LogP contribution in [0.15, 0.2) is 18.2 Å². The third-order valence-corrected chi connectivity index (χ3v) is 3.98. The largest absolute Gasteiger partial charge is 0.339 e. The molecule has 0 radical (unpaired) electrons. The van der Waals surface area contributed by atoms with Crippen molar-refractivity contribution >= 4 is 17.5 Å². The first kappa shape index (κ1) is 14.4. The molecule has 0 saturated carbocycles. The zero-order valence-electron chi connectivity index (χ0n) is 11.4. The van der Waals surface area contributed by atoms with Crippen LogP contribution >= 0.6 is 11.6 Å². The second-order valence-corrected chi connectivity index (χ2v) is 5.77. The molecule has 19 heavy (non-hydrogen) atoms. The third kappa shape index (κ3) is 3.71. The molecule has 0 unspecified atom stereocenters. The summed E-state index contributed by atoms with van der Waals surface area (Å²) in [6, 6.07) is 5.52. The number of piperidine rings is 1. The molecule has 2 N–H and O–H groups in total. The summed E-state index contributed by atoms with van der Waals surface area (Å²) in [5, 5.41) is 0.626. The lowest BCUT2D eigenvalue weighted by Crippen LogP contribution is -2.38. The fraction of sp³-hybridized carbons (Fsp3) is 0.533. The molecule has 0 atom stereocenters. The smallest absolute Gasteiger partial charge is 0.253 e. The summed E-state index contributed by atoms with van der Waals surface area (Å²) < 4.78 is 0. The molecule has 1 aromatic carbocycles. The van der Waals surface area contributed by atoms with E-state index in [1.807, 2.05) is 24.0 Å². The van der Waals surface area contributed by atoms with E-state index in [9.17, 15) is 4.79 Å². The van der Waals surface area contributed by atoms with Gasteiger partial charge in [0.2, 0.25) is 0 Å². The second-order valence-electron chi connectivity index (χ2n) is 5.33. The molecule has 0 bridgehead atoms. The third-order valence-electron chi connectivity index (χ3n) is 3.77. The number of amides is 1. The van der Waals surface area contributed by atoms with Gasteiger partial charge in [0.05, 0.1) is 0 Å². The molecule has 1 aliphatic rings. The summed E-state index contributed by atoms with van der Waals surface area (Å²) in [4.78, 5) is 14.3. The van der Waals surface area contributed by atoms with Gasteiger partial charge < -0.3 is 10.6 Å². The van der Waals surface area contributed by atoms with Crippen LogP contribution < -0.4 is 5.73 Å². The Morgan fingerprint density at radius 2 is 2.05 bits per heavy atom. The van der Waals surface area contributed by atoms with E-state index in [1.54, 1.807) is 6.07 Å². The number of aryl methyl sites for hydroxylation is 1. The number of carbonyl (C=O) groups excluding carboxylic acids is 1. The zero-order chi connectivity index (χ0) is 13.8. The van der Waals surface area contributed by atoms with Crippen molar-refractivity contribution in [2.75, 3.05) is 19.6 Å². The maximum atomic E-state index is 12.4. The van der Waals surface area contributed by atoms with Crippen molar-refractivity contribution in [1.29, 1.82) is 0 Å². The lowest BCUT2D eigenvalue weighted by molar-refractivity contribution is 0.0688. The molecule has 4 heteroatoms. The van der Waals surface area contributed by atoms with Gasteiger partial charge >= 0.3 is 0 Å². The van der Waals surface area contributed by atoms with Gasteiger partial charge in [-0.15, -0.1) is 0 Å². The van der Waals surface area contributed by atoms with Gasteiger partial charge in [0.15, 0.2) is 0 Å². The molecule has 3 nitrogen and oxygen atoms in total. The van der Waals surface area contributed by atoms with Crippen LogP contribution in [0.4, 0.5) is 0 Å². The molecule has 1 amide bonds. The summed E-state index contributed by atoms with van der Waals surface area (Å²) in [5.41, 5.74) is 7.30. The fourth-order valence-corrected chi connectivity index (χ4v) is 2.99. The molecule has 1 aromatic rings. The first-order chi connectivity index (χ1) is 9.10. The SMILES string of the molecule is Cc1cc(Cl)cc(C(=O)N2CCC(CCN)CC2)c1. The molecular formula is C15H21ClN2O. The van der Waals surface area contributed by atoms with Crippen molar-refractivity contribution in [3.8, 4) is 0 Å². The molecule has 0 aliphatic carbocycles. The Balaban J connectivity index is 2.01. The lowest BCUT2D eigenvalue weighted by atomic mass is 9.93. The molecule has 1 fully saturated rings. The average molecular weight is 281 g/mol. The molecule has 0 spiro atoms. The van der Waals surface area contributed by atoms with Gasteiger partial charge in [0.1, 0.15) is 0 Å². The first-order valence-electron chi connectivity index (χ1n) is 6.86. The normalized spacial score (nSPS) is 16.7. The lowest BCUT2D eigenvalue weighted by Gasteiger charge is -2.32. The molecular weight excluding hydrogens is 260 g/mol. The van der Waals surface area contributed by atoms with E-state index in [1.165, 1.54) is 0 Å². The molecule has 1 aliphatic heterocycles. The van der Waals surface area contributed by atoms with Gasteiger partial charge in [-0.25, -0.2) is 0 Å². The zero-order valence-corrected chi connectivity index (χ0v) is 12.1. The Morgan fingerprint density at radius 1 is 1.37 bits per heavy atom. The number of nitrogens with two attached hydrogens (primary N) is 1. The van der Waals surface area contributed by atoms with Gasteiger partial charge in [-0.1, -0.05) is 11.6 Å². The van der Waals surface area contributed by atoms with Crippen LogP contribution in [0.3, 0.4) is 0 Å². The Bertz CT molecular complexity index is 433. The van der Waals surface area contributed by atoms with Crippen molar-refractivity contribution in [1.82, 2.24) is 4.90 Å². The second kappa shape index (κ2) is 6.40. The van der Waals surface area contributed by atoms with Crippen LogP contribution in [0.25, 0.3) is 0 Å². The number of likely N-dealkylation sites (tertiary alicyclic amines) is 1.